The monoisotopic (exact) mass is 152 g/mol. The van der Waals surface area contributed by atoms with Crippen molar-refractivity contribution < 1.29 is 14.0 Å². The van der Waals surface area contributed by atoms with Gasteiger partial charge in [0.2, 0.25) is 6.29 Å². The first kappa shape index (κ1) is 7.53. The summed E-state index contributed by atoms with van der Waals surface area (Å²) in [5.41, 5.74) is 0. The number of hydrogen-bond donors (Lipinski definition) is 1. The van der Waals surface area contributed by atoms with Crippen molar-refractivity contribution in [1.29, 1.82) is 0 Å². The Labute approximate surface area is 63.2 Å². The summed E-state index contributed by atoms with van der Waals surface area (Å²) < 4.78 is 4.75. The van der Waals surface area contributed by atoms with Crippen molar-refractivity contribution in [2.75, 3.05) is 6.54 Å². The number of rotatable bonds is 3. The number of amides is 1. The molecule has 1 N–H and O–H groups in total. The molecule has 1 heterocycles. The minimum absolute atomic E-state index is 0.112. The number of hydrogen-bond acceptors (Lipinski definition) is 3. The number of carbonyl (C=O) groups is 1. The van der Waals surface area contributed by atoms with Gasteiger partial charge in [-0.05, 0) is 12.1 Å². The second kappa shape index (κ2) is 3.55. The lowest BCUT2D eigenvalue weighted by Crippen LogP contribution is -2.24. The van der Waals surface area contributed by atoms with E-state index in [1.807, 2.05) is 0 Å². The highest BCUT2D eigenvalue weighted by Gasteiger charge is 2.05. The molecule has 0 unspecified atom stereocenters. The first-order valence-electron chi connectivity index (χ1n) is 3.01. The van der Waals surface area contributed by atoms with Crippen LogP contribution in [0.1, 0.15) is 10.6 Å². The van der Waals surface area contributed by atoms with Crippen LogP contribution in [0.2, 0.25) is 0 Å². The minimum Gasteiger partial charge on any atom is -0.459 e. The van der Waals surface area contributed by atoms with Gasteiger partial charge >= 0.3 is 0 Å². The summed E-state index contributed by atoms with van der Waals surface area (Å²) in [4.78, 5) is 20.6. The molecule has 1 aromatic rings. The van der Waals surface area contributed by atoms with E-state index in [0.29, 0.717) is 0 Å². The van der Waals surface area contributed by atoms with E-state index >= 15 is 0 Å². The highest BCUT2D eigenvalue weighted by molar-refractivity contribution is 5.92. The Bertz CT molecular complexity index is 240. The number of carbonyl (C=O) groups excluding carboxylic acids is 2. The van der Waals surface area contributed by atoms with Crippen LogP contribution in [0.25, 0.3) is 0 Å². The molecule has 0 spiro atoms. The molecule has 0 aliphatic carbocycles. The molecule has 11 heavy (non-hydrogen) atoms. The van der Waals surface area contributed by atoms with Crippen molar-refractivity contribution in [1.82, 2.24) is 5.32 Å². The Balaban J connectivity index is 2.49. The molecule has 0 aromatic carbocycles. The maximum atomic E-state index is 10.9. The second-order valence-electron chi connectivity index (χ2n) is 1.80. The molecule has 0 aliphatic rings. The topological polar surface area (TPSA) is 59.3 Å². The lowest BCUT2D eigenvalue weighted by Gasteiger charge is -1.94. The second-order valence-corrected chi connectivity index (χ2v) is 1.80. The van der Waals surface area contributed by atoms with Crippen LogP contribution in [-0.4, -0.2) is 18.7 Å². The predicted octanol–water partition coefficient (Wildman–Crippen LogP) is 0.119. The molecule has 0 fully saturated rings. The largest absolute Gasteiger partial charge is 0.459 e. The van der Waals surface area contributed by atoms with Gasteiger partial charge in [0.05, 0.1) is 12.8 Å². The van der Waals surface area contributed by atoms with E-state index in [1.165, 1.54) is 18.6 Å². The lowest BCUT2D eigenvalue weighted by atomic mass is 10.4. The zero-order chi connectivity index (χ0) is 8.10. The quantitative estimate of drug-likeness (QED) is 0.669. The fraction of sp³-hybridized carbons (Fsp3) is 0.143. The van der Waals surface area contributed by atoms with Crippen LogP contribution in [0.5, 0.6) is 0 Å². The SMILES string of the molecule is O=[C]CNC(=O)c1ccco1. The molecule has 0 bridgehead atoms. The van der Waals surface area contributed by atoms with Gasteiger partial charge in [-0.25, -0.2) is 0 Å². The van der Waals surface area contributed by atoms with Crippen molar-refractivity contribution in [3.05, 3.63) is 24.2 Å². The fourth-order valence-electron chi connectivity index (χ4n) is 0.611. The Morgan fingerprint density at radius 2 is 2.55 bits per heavy atom. The molecule has 4 nitrogen and oxygen atoms in total. The molecule has 0 saturated heterocycles. The van der Waals surface area contributed by atoms with Gasteiger partial charge in [-0.15, -0.1) is 0 Å². The molecule has 0 aliphatic heterocycles. The Kier molecular flexibility index (Phi) is 2.43. The highest BCUT2D eigenvalue weighted by Crippen LogP contribution is 1.97. The van der Waals surface area contributed by atoms with Gasteiger partial charge in [0.25, 0.3) is 5.91 Å². The molecule has 0 saturated carbocycles. The van der Waals surface area contributed by atoms with Crippen molar-refractivity contribution in [2.45, 2.75) is 0 Å². The van der Waals surface area contributed by atoms with E-state index < -0.39 is 5.91 Å². The Morgan fingerprint density at radius 1 is 1.73 bits per heavy atom. The maximum absolute atomic E-state index is 10.9. The van der Waals surface area contributed by atoms with Gasteiger partial charge in [0.1, 0.15) is 0 Å². The van der Waals surface area contributed by atoms with E-state index in [4.69, 9.17) is 4.42 Å². The Morgan fingerprint density at radius 3 is 3.09 bits per heavy atom. The van der Waals surface area contributed by atoms with E-state index in [1.54, 1.807) is 6.07 Å². The van der Waals surface area contributed by atoms with Crippen LogP contribution < -0.4 is 5.32 Å². The van der Waals surface area contributed by atoms with Gasteiger partial charge in [0, 0.05) is 0 Å². The average Bonchev–Trinajstić information content (AvgIpc) is 2.52. The highest BCUT2D eigenvalue weighted by atomic mass is 16.3. The van der Waals surface area contributed by atoms with E-state index in [2.05, 4.69) is 5.32 Å². The van der Waals surface area contributed by atoms with Crippen LogP contribution in [0.4, 0.5) is 0 Å². The summed E-state index contributed by atoms with van der Waals surface area (Å²) in [6, 6.07) is 3.11. The number of nitrogens with one attached hydrogen (secondary N) is 1. The standard InChI is InChI=1S/C7H6NO3/c9-4-3-8-7(10)6-2-1-5-11-6/h1-2,5H,3H2,(H,8,10). The third-order valence-electron chi connectivity index (χ3n) is 1.07. The van der Waals surface area contributed by atoms with Gasteiger partial charge < -0.3 is 9.73 Å². The molecule has 1 radical (unpaired) electrons. The van der Waals surface area contributed by atoms with E-state index in [-0.39, 0.29) is 12.3 Å². The molecule has 4 heteroatoms. The predicted molar refractivity (Wildman–Crippen MR) is 36.7 cm³/mol. The summed E-state index contributed by atoms with van der Waals surface area (Å²) in [6.45, 7) is -0.112. The summed E-state index contributed by atoms with van der Waals surface area (Å²) in [6.07, 6.45) is 2.93. The van der Waals surface area contributed by atoms with Gasteiger partial charge in [-0.2, -0.15) is 0 Å². The van der Waals surface area contributed by atoms with Gasteiger partial charge in [-0.3, -0.25) is 9.59 Å². The van der Waals surface area contributed by atoms with Crippen molar-refractivity contribution in [3.63, 3.8) is 0 Å². The maximum Gasteiger partial charge on any atom is 0.287 e. The molecule has 1 amide bonds. The molecule has 57 valence electrons. The number of furan rings is 1. The summed E-state index contributed by atoms with van der Waals surface area (Å²) in [7, 11) is 0. The first-order valence-corrected chi connectivity index (χ1v) is 3.01. The minimum atomic E-state index is -0.404. The third kappa shape index (κ3) is 1.93. The summed E-state index contributed by atoms with van der Waals surface area (Å²) in [5, 5.41) is 2.28. The lowest BCUT2D eigenvalue weighted by molar-refractivity contribution is 0.0931. The summed E-state index contributed by atoms with van der Waals surface area (Å²) in [5.74, 6) is -0.210. The normalized spacial score (nSPS) is 9.09. The van der Waals surface area contributed by atoms with E-state index in [9.17, 15) is 9.59 Å². The van der Waals surface area contributed by atoms with Gasteiger partial charge in [-0.1, -0.05) is 0 Å². The third-order valence-corrected chi connectivity index (χ3v) is 1.07. The first-order chi connectivity index (χ1) is 5.34. The van der Waals surface area contributed by atoms with Crippen LogP contribution in [0.3, 0.4) is 0 Å². The van der Waals surface area contributed by atoms with Gasteiger partial charge in [0.15, 0.2) is 5.76 Å². The van der Waals surface area contributed by atoms with Crippen LogP contribution >= 0.6 is 0 Å². The molecular formula is C7H6NO3. The smallest absolute Gasteiger partial charge is 0.287 e. The zero-order valence-electron chi connectivity index (χ0n) is 5.66. The summed E-state index contributed by atoms with van der Waals surface area (Å²) >= 11 is 0. The molecular weight excluding hydrogens is 146 g/mol. The van der Waals surface area contributed by atoms with Crippen LogP contribution in [0, 0.1) is 0 Å². The Hall–Kier alpha value is -1.58. The van der Waals surface area contributed by atoms with Crippen molar-refractivity contribution in [2.24, 2.45) is 0 Å². The van der Waals surface area contributed by atoms with Crippen LogP contribution in [-0.2, 0) is 4.79 Å². The van der Waals surface area contributed by atoms with Crippen molar-refractivity contribution >= 4 is 12.2 Å². The zero-order valence-corrected chi connectivity index (χ0v) is 5.66. The molecule has 1 aromatic heterocycles. The molecule has 1 rings (SSSR count). The average molecular weight is 152 g/mol. The fourth-order valence-corrected chi connectivity index (χ4v) is 0.611. The van der Waals surface area contributed by atoms with Crippen molar-refractivity contribution in [3.8, 4) is 0 Å². The van der Waals surface area contributed by atoms with Crippen LogP contribution in [0.15, 0.2) is 22.8 Å². The molecule has 0 atom stereocenters. The van der Waals surface area contributed by atoms with E-state index in [0.717, 1.165) is 0 Å².